The number of ether oxygens (including phenoxy) is 2. The van der Waals surface area contributed by atoms with Gasteiger partial charge in [0.15, 0.2) is 11.5 Å². The zero-order valence-corrected chi connectivity index (χ0v) is 10.7. The number of hydrogen-bond acceptors (Lipinski definition) is 3. The first-order valence-corrected chi connectivity index (χ1v) is 5.63. The second-order valence-corrected chi connectivity index (χ2v) is 3.54. The summed E-state index contributed by atoms with van der Waals surface area (Å²) >= 11 is 0. The molecular formula is C14H19NO2. The van der Waals surface area contributed by atoms with Crippen molar-refractivity contribution in [2.45, 2.75) is 13.3 Å². The first-order valence-electron chi connectivity index (χ1n) is 5.63. The summed E-state index contributed by atoms with van der Waals surface area (Å²) in [6.07, 6.45) is 0.950. The highest BCUT2D eigenvalue weighted by Crippen LogP contribution is 2.27. The Kier molecular flexibility index (Phi) is 5.98. The van der Waals surface area contributed by atoms with Gasteiger partial charge in [0.25, 0.3) is 0 Å². The largest absolute Gasteiger partial charge is 0.493 e. The summed E-state index contributed by atoms with van der Waals surface area (Å²) in [6, 6.07) is 5.99. The minimum Gasteiger partial charge on any atom is -0.493 e. The van der Waals surface area contributed by atoms with E-state index in [2.05, 4.69) is 23.2 Å². The van der Waals surface area contributed by atoms with Gasteiger partial charge in [-0.1, -0.05) is 12.0 Å². The molecule has 0 heterocycles. The lowest BCUT2D eigenvalue weighted by Gasteiger charge is -2.09. The zero-order chi connectivity index (χ0) is 12.5. The van der Waals surface area contributed by atoms with E-state index in [0.717, 1.165) is 31.0 Å². The van der Waals surface area contributed by atoms with Crippen molar-refractivity contribution in [1.29, 1.82) is 0 Å². The van der Waals surface area contributed by atoms with Crippen LogP contribution in [0.15, 0.2) is 18.2 Å². The third-order valence-electron chi connectivity index (χ3n) is 2.43. The molecule has 92 valence electrons. The molecule has 1 aromatic carbocycles. The summed E-state index contributed by atoms with van der Waals surface area (Å²) in [7, 11) is 3.29. The van der Waals surface area contributed by atoms with E-state index in [1.54, 1.807) is 14.2 Å². The molecule has 17 heavy (non-hydrogen) atoms. The highest BCUT2D eigenvalue weighted by atomic mass is 16.5. The summed E-state index contributed by atoms with van der Waals surface area (Å²) in [4.78, 5) is 0. The maximum Gasteiger partial charge on any atom is 0.160 e. The smallest absolute Gasteiger partial charge is 0.160 e. The molecule has 1 aromatic rings. The molecule has 0 radical (unpaired) electrons. The first kappa shape index (κ1) is 13.4. The molecule has 0 saturated heterocycles. The van der Waals surface area contributed by atoms with Crippen molar-refractivity contribution in [3.63, 3.8) is 0 Å². The van der Waals surface area contributed by atoms with E-state index in [1.165, 1.54) is 5.56 Å². The molecule has 3 nitrogen and oxygen atoms in total. The van der Waals surface area contributed by atoms with E-state index >= 15 is 0 Å². The normalized spacial score (nSPS) is 9.35. The van der Waals surface area contributed by atoms with E-state index in [9.17, 15) is 0 Å². The Morgan fingerprint density at radius 3 is 2.59 bits per heavy atom. The Hall–Kier alpha value is -1.66. The number of benzene rings is 1. The Morgan fingerprint density at radius 1 is 1.18 bits per heavy atom. The molecule has 0 amide bonds. The molecule has 0 unspecified atom stereocenters. The Morgan fingerprint density at radius 2 is 1.94 bits per heavy atom. The van der Waals surface area contributed by atoms with E-state index in [1.807, 2.05) is 19.1 Å². The molecule has 0 bridgehead atoms. The Balaban J connectivity index is 2.50. The van der Waals surface area contributed by atoms with Gasteiger partial charge in [0, 0.05) is 6.54 Å². The highest BCUT2D eigenvalue weighted by molar-refractivity contribution is 5.42. The second kappa shape index (κ2) is 7.59. The lowest BCUT2D eigenvalue weighted by atomic mass is 10.1. The standard InChI is InChI=1S/C14H19NO2/c1-4-5-9-15-10-8-12-6-7-13(16-2)14(11-12)17-3/h6-7,11,15H,8-10H2,1-3H3. The summed E-state index contributed by atoms with van der Waals surface area (Å²) in [6.45, 7) is 3.49. The number of hydrogen-bond donors (Lipinski definition) is 1. The zero-order valence-electron chi connectivity index (χ0n) is 10.7. The summed E-state index contributed by atoms with van der Waals surface area (Å²) < 4.78 is 10.4. The van der Waals surface area contributed by atoms with Crippen LogP contribution < -0.4 is 14.8 Å². The van der Waals surface area contributed by atoms with Crippen molar-refractivity contribution in [1.82, 2.24) is 5.32 Å². The maximum absolute atomic E-state index is 5.25. The predicted octanol–water partition coefficient (Wildman–Crippen LogP) is 1.86. The second-order valence-electron chi connectivity index (χ2n) is 3.54. The topological polar surface area (TPSA) is 30.5 Å². The van der Waals surface area contributed by atoms with Crippen LogP contribution in [0.2, 0.25) is 0 Å². The first-order chi connectivity index (χ1) is 8.31. The van der Waals surface area contributed by atoms with E-state index in [0.29, 0.717) is 0 Å². The molecule has 0 atom stereocenters. The van der Waals surface area contributed by atoms with Gasteiger partial charge in [0.2, 0.25) is 0 Å². The van der Waals surface area contributed by atoms with Gasteiger partial charge in [-0.15, -0.1) is 5.92 Å². The van der Waals surface area contributed by atoms with E-state index in [-0.39, 0.29) is 0 Å². The third-order valence-corrected chi connectivity index (χ3v) is 2.43. The number of methoxy groups -OCH3 is 2. The van der Waals surface area contributed by atoms with E-state index in [4.69, 9.17) is 9.47 Å². The Labute approximate surface area is 103 Å². The quantitative estimate of drug-likeness (QED) is 0.601. The molecule has 0 aliphatic heterocycles. The van der Waals surface area contributed by atoms with Gasteiger partial charge in [-0.05, 0) is 31.0 Å². The highest BCUT2D eigenvalue weighted by Gasteiger charge is 2.03. The molecule has 0 aliphatic carbocycles. The number of rotatable bonds is 6. The van der Waals surface area contributed by atoms with Gasteiger partial charge < -0.3 is 14.8 Å². The van der Waals surface area contributed by atoms with Crippen LogP contribution in [0.25, 0.3) is 0 Å². The van der Waals surface area contributed by atoms with Crippen LogP contribution in [-0.4, -0.2) is 27.3 Å². The average molecular weight is 233 g/mol. The van der Waals surface area contributed by atoms with E-state index < -0.39 is 0 Å². The van der Waals surface area contributed by atoms with Crippen molar-refractivity contribution in [3.8, 4) is 23.3 Å². The van der Waals surface area contributed by atoms with Crippen LogP contribution in [0.1, 0.15) is 12.5 Å². The van der Waals surface area contributed by atoms with Crippen LogP contribution >= 0.6 is 0 Å². The molecule has 0 spiro atoms. The monoisotopic (exact) mass is 233 g/mol. The lowest BCUT2D eigenvalue weighted by molar-refractivity contribution is 0.354. The third kappa shape index (κ3) is 4.38. The number of nitrogens with one attached hydrogen (secondary N) is 1. The molecule has 0 fully saturated rings. The van der Waals surface area contributed by atoms with Crippen LogP contribution in [-0.2, 0) is 6.42 Å². The van der Waals surface area contributed by atoms with Gasteiger partial charge in [-0.25, -0.2) is 0 Å². The fourth-order valence-corrected chi connectivity index (χ4v) is 1.51. The van der Waals surface area contributed by atoms with Gasteiger partial charge in [0.05, 0.1) is 20.8 Å². The fraction of sp³-hybridized carbons (Fsp3) is 0.429. The van der Waals surface area contributed by atoms with Crippen molar-refractivity contribution in [3.05, 3.63) is 23.8 Å². The van der Waals surface area contributed by atoms with Gasteiger partial charge in [-0.3, -0.25) is 0 Å². The summed E-state index contributed by atoms with van der Waals surface area (Å²) in [5.41, 5.74) is 1.22. The molecule has 3 heteroatoms. The molecule has 0 aliphatic rings. The average Bonchev–Trinajstić information content (AvgIpc) is 2.38. The molecule has 1 N–H and O–H groups in total. The maximum atomic E-state index is 5.25. The summed E-state index contributed by atoms with van der Waals surface area (Å²) in [5.74, 6) is 7.36. The van der Waals surface area contributed by atoms with Crippen molar-refractivity contribution in [2.24, 2.45) is 0 Å². The SMILES string of the molecule is CC#CCNCCc1ccc(OC)c(OC)c1. The molecule has 1 rings (SSSR count). The minimum absolute atomic E-state index is 0.740. The molecule has 0 aromatic heterocycles. The fourth-order valence-electron chi connectivity index (χ4n) is 1.51. The van der Waals surface area contributed by atoms with Crippen LogP contribution in [0.5, 0.6) is 11.5 Å². The Bertz CT molecular complexity index is 404. The minimum atomic E-state index is 0.740. The predicted molar refractivity (Wildman–Crippen MR) is 69.6 cm³/mol. The van der Waals surface area contributed by atoms with Crippen molar-refractivity contribution in [2.75, 3.05) is 27.3 Å². The van der Waals surface area contributed by atoms with Crippen molar-refractivity contribution < 1.29 is 9.47 Å². The van der Waals surface area contributed by atoms with Crippen LogP contribution in [0.3, 0.4) is 0 Å². The molecular weight excluding hydrogens is 214 g/mol. The van der Waals surface area contributed by atoms with Crippen LogP contribution in [0.4, 0.5) is 0 Å². The lowest BCUT2D eigenvalue weighted by Crippen LogP contribution is -2.17. The van der Waals surface area contributed by atoms with Gasteiger partial charge >= 0.3 is 0 Å². The van der Waals surface area contributed by atoms with Gasteiger partial charge in [-0.2, -0.15) is 0 Å². The molecule has 0 saturated carbocycles. The van der Waals surface area contributed by atoms with Crippen LogP contribution in [0, 0.1) is 11.8 Å². The summed E-state index contributed by atoms with van der Waals surface area (Å²) in [5, 5.41) is 3.26. The van der Waals surface area contributed by atoms with Gasteiger partial charge in [0.1, 0.15) is 0 Å². The van der Waals surface area contributed by atoms with Crippen molar-refractivity contribution >= 4 is 0 Å².